The van der Waals surface area contributed by atoms with Crippen molar-refractivity contribution in [1.82, 2.24) is 25.1 Å². The lowest BCUT2D eigenvalue weighted by Crippen LogP contribution is -2.14. The van der Waals surface area contributed by atoms with E-state index in [-0.39, 0.29) is 12.2 Å². The topological polar surface area (TPSA) is 133 Å². The van der Waals surface area contributed by atoms with Crippen LogP contribution >= 0.6 is 0 Å². The van der Waals surface area contributed by atoms with Crippen molar-refractivity contribution < 1.29 is 14.4 Å². The summed E-state index contributed by atoms with van der Waals surface area (Å²) in [7, 11) is 0. The standard InChI is InChI=1S/C12H18N6O3/c1-2-3-4-9-14-10(21-16-9)7-18-8(5-6-13)11(12(19)20)15-17-18/h2-7,13H2,1H3,(H,19,20). The van der Waals surface area contributed by atoms with E-state index >= 15 is 0 Å². The molecule has 0 aliphatic carbocycles. The number of hydrogen-bond donors (Lipinski definition) is 2. The number of aromatic nitrogens is 5. The quantitative estimate of drug-likeness (QED) is 0.707. The zero-order valence-electron chi connectivity index (χ0n) is 11.8. The number of aromatic carboxylic acids is 1. The van der Waals surface area contributed by atoms with E-state index in [9.17, 15) is 4.79 Å². The van der Waals surface area contributed by atoms with Gasteiger partial charge in [-0.15, -0.1) is 5.10 Å². The second-order valence-electron chi connectivity index (χ2n) is 4.59. The van der Waals surface area contributed by atoms with Crippen LogP contribution in [0.25, 0.3) is 0 Å². The summed E-state index contributed by atoms with van der Waals surface area (Å²) in [5, 5.41) is 20.4. The maximum atomic E-state index is 11.1. The van der Waals surface area contributed by atoms with E-state index in [1.807, 2.05) is 0 Å². The molecular weight excluding hydrogens is 276 g/mol. The fraction of sp³-hybridized carbons (Fsp3) is 0.583. The number of carboxylic acid groups (broad SMARTS) is 1. The van der Waals surface area contributed by atoms with E-state index in [4.69, 9.17) is 15.4 Å². The van der Waals surface area contributed by atoms with E-state index in [2.05, 4.69) is 27.4 Å². The molecule has 0 aliphatic heterocycles. The summed E-state index contributed by atoms with van der Waals surface area (Å²) in [6.45, 7) is 2.58. The van der Waals surface area contributed by atoms with Crippen LogP contribution in [0.5, 0.6) is 0 Å². The summed E-state index contributed by atoms with van der Waals surface area (Å²) in [4.78, 5) is 15.3. The average Bonchev–Trinajstić information content (AvgIpc) is 3.05. The van der Waals surface area contributed by atoms with Crippen molar-refractivity contribution >= 4 is 5.97 Å². The number of unbranched alkanes of at least 4 members (excludes halogenated alkanes) is 1. The minimum Gasteiger partial charge on any atom is -0.476 e. The van der Waals surface area contributed by atoms with Crippen LogP contribution in [0.3, 0.4) is 0 Å². The highest BCUT2D eigenvalue weighted by molar-refractivity contribution is 5.86. The number of carbonyl (C=O) groups is 1. The molecule has 0 atom stereocenters. The Balaban J connectivity index is 2.15. The molecule has 2 aromatic rings. The minimum absolute atomic E-state index is 0.0915. The maximum absolute atomic E-state index is 11.1. The Kier molecular flexibility index (Phi) is 4.99. The summed E-state index contributed by atoms with van der Waals surface area (Å²) in [5.41, 5.74) is 5.86. The van der Waals surface area contributed by atoms with Crippen LogP contribution in [0.2, 0.25) is 0 Å². The SMILES string of the molecule is CCCCc1noc(Cn2nnc(C(=O)O)c2CCN)n1. The molecule has 9 heteroatoms. The summed E-state index contributed by atoms with van der Waals surface area (Å²) in [5.74, 6) is -0.106. The van der Waals surface area contributed by atoms with E-state index in [0.29, 0.717) is 30.4 Å². The monoisotopic (exact) mass is 294 g/mol. The third-order valence-electron chi connectivity index (χ3n) is 2.97. The second kappa shape index (κ2) is 6.93. The van der Waals surface area contributed by atoms with Gasteiger partial charge < -0.3 is 15.4 Å². The van der Waals surface area contributed by atoms with Crippen molar-refractivity contribution in [3.63, 3.8) is 0 Å². The predicted octanol–water partition coefficient (Wildman–Crippen LogP) is 0.251. The lowest BCUT2D eigenvalue weighted by Gasteiger charge is -2.02. The number of hydrogen-bond acceptors (Lipinski definition) is 7. The van der Waals surface area contributed by atoms with E-state index < -0.39 is 5.97 Å². The van der Waals surface area contributed by atoms with Gasteiger partial charge in [0, 0.05) is 12.8 Å². The zero-order valence-corrected chi connectivity index (χ0v) is 11.8. The van der Waals surface area contributed by atoms with Crippen molar-refractivity contribution in [2.75, 3.05) is 6.54 Å². The zero-order chi connectivity index (χ0) is 15.2. The Hall–Kier alpha value is -2.29. The number of aryl methyl sites for hydroxylation is 1. The van der Waals surface area contributed by atoms with E-state index in [1.54, 1.807) is 0 Å². The molecule has 2 rings (SSSR count). The van der Waals surface area contributed by atoms with Gasteiger partial charge in [-0.25, -0.2) is 9.48 Å². The van der Waals surface area contributed by atoms with Crippen LogP contribution in [-0.4, -0.2) is 42.8 Å². The number of rotatable bonds is 8. The molecule has 0 unspecified atom stereocenters. The van der Waals surface area contributed by atoms with Gasteiger partial charge in [0.15, 0.2) is 11.5 Å². The highest BCUT2D eigenvalue weighted by Gasteiger charge is 2.19. The Bertz CT molecular complexity index is 606. The molecule has 0 saturated carbocycles. The summed E-state index contributed by atoms with van der Waals surface area (Å²) in [6, 6.07) is 0. The smallest absolute Gasteiger partial charge is 0.358 e. The van der Waals surface area contributed by atoms with Gasteiger partial charge in [0.1, 0.15) is 6.54 Å². The van der Waals surface area contributed by atoms with Gasteiger partial charge >= 0.3 is 5.97 Å². The first-order valence-electron chi connectivity index (χ1n) is 6.82. The molecule has 0 amide bonds. The van der Waals surface area contributed by atoms with Crippen molar-refractivity contribution in [3.8, 4) is 0 Å². The Labute approximate surface area is 121 Å². The molecule has 2 aromatic heterocycles. The molecule has 2 heterocycles. The third-order valence-corrected chi connectivity index (χ3v) is 2.97. The van der Waals surface area contributed by atoms with Crippen LogP contribution in [0.4, 0.5) is 0 Å². The van der Waals surface area contributed by atoms with Crippen LogP contribution in [0, 0.1) is 0 Å². The lowest BCUT2D eigenvalue weighted by atomic mass is 10.2. The van der Waals surface area contributed by atoms with Gasteiger partial charge in [0.05, 0.1) is 5.69 Å². The Morgan fingerprint density at radius 3 is 2.90 bits per heavy atom. The van der Waals surface area contributed by atoms with Gasteiger partial charge in [-0.2, -0.15) is 4.98 Å². The van der Waals surface area contributed by atoms with Gasteiger partial charge in [-0.05, 0) is 13.0 Å². The summed E-state index contributed by atoms with van der Waals surface area (Å²) >= 11 is 0. The van der Waals surface area contributed by atoms with E-state index in [1.165, 1.54) is 4.68 Å². The maximum Gasteiger partial charge on any atom is 0.358 e. The fourth-order valence-electron chi connectivity index (χ4n) is 1.93. The van der Waals surface area contributed by atoms with Gasteiger partial charge in [-0.3, -0.25) is 0 Å². The highest BCUT2D eigenvalue weighted by atomic mass is 16.5. The van der Waals surface area contributed by atoms with Crippen LogP contribution in [0.1, 0.15) is 47.7 Å². The first-order chi connectivity index (χ1) is 10.2. The highest BCUT2D eigenvalue weighted by Crippen LogP contribution is 2.09. The van der Waals surface area contributed by atoms with Crippen molar-refractivity contribution in [1.29, 1.82) is 0 Å². The molecule has 0 spiro atoms. The first-order valence-corrected chi connectivity index (χ1v) is 6.82. The molecule has 0 aliphatic rings. The van der Waals surface area contributed by atoms with Crippen molar-refractivity contribution in [2.45, 2.75) is 39.2 Å². The first kappa shape index (κ1) is 15.1. The number of nitrogens with two attached hydrogens (primary N) is 1. The van der Waals surface area contributed by atoms with Crippen molar-refractivity contribution in [3.05, 3.63) is 23.1 Å². The number of carboxylic acids is 1. The molecule has 21 heavy (non-hydrogen) atoms. The third kappa shape index (κ3) is 3.63. The van der Waals surface area contributed by atoms with Gasteiger partial charge in [-0.1, -0.05) is 23.7 Å². The molecule has 0 fully saturated rings. The molecule has 0 saturated heterocycles. The Morgan fingerprint density at radius 1 is 1.43 bits per heavy atom. The lowest BCUT2D eigenvalue weighted by molar-refractivity contribution is 0.0689. The second-order valence-corrected chi connectivity index (χ2v) is 4.59. The summed E-state index contributed by atoms with van der Waals surface area (Å²) < 4.78 is 6.58. The molecular formula is C12H18N6O3. The van der Waals surface area contributed by atoms with Crippen LogP contribution < -0.4 is 5.73 Å². The number of nitrogens with zero attached hydrogens (tertiary/aromatic N) is 5. The normalized spacial score (nSPS) is 11.0. The molecule has 0 aromatic carbocycles. The fourth-order valence-corrected chi connectivity index (χ4v) is 1.93. The van der Waals surface area contributed by atoms with E-state index in [0.717, 1.165) is 19.3 Å². The Morgan fingerprint density at radius 2 is 2.24 bits per heavy atom. The minimum atomic E-state index is -1.13. The van der Waals surface area contributed by atoms with Gasteiger partial charge in [0.25, 0.3) is 0 Å². The van der Waals surface area contributed by atoms with Crippen LogP contribution in [-0.2, 0) is 19.4 Å². The van der Waals surface area contributed by atoms with Gasteiger partial charge in [0.2, 0.25) is 5.89 Å². The average molecular weight is 294 g/mol. The summed E-state index contributed by atoms with van der Waals surface area (Å²) in [6.07, 6.45) is 3.16. The predicted molar refractivity (Wildman–Crippen MR) is 71.8 cm³/mol. The molecule has 9 nitrogen and oxygen atoms in total. The molecule has 3 N–H and O–H groups in total. The van der Waals surface area contributed by atoms with Crippen LogP contribution in [0.15, 0.2) is 4.52 Å². The molecule has 0 radical (unpaired) electrons. The van der Waals surface area contributed by atoms with Crippen molar-refractivity contribution in [2.24, 2.45) is 5.73 Å². The largest absolute Gasteiger partial charge is 0.476 e. The molecule has 114 valence electrons. The molecule has 0 bridgehead atoms.